The van der Waals surface area contributed by atoms with Gasteiger partial charge in [-0.2, -0.15) is 10.4 Å². The van der Waals surface area contributed by atoms with Crippen LogP contribution in [-0.4, -0.2) is 16.5 Å². The van der Waals surface area contributed by atoms with Gasteiger partial charge < -0.3 is 0 Å². The number of carbonyl (C=O) groups excluding carboxylic acids is 1. The Hall–Kier alpha value is -2.99. The first kappa shape index (κ1) is 13.1. The van der Waals surface area contributed by atoms with Crippen molar-refractivity contribution in [2.75, 3.05) is 5.43 Å². The van der Waals surface area contributed by atoms with E-state index in [0.29, 0.717) is 0 Å². The summed E-state index contributed by atoms with van der Waals surface area (Å²) in [5, 5.41) is 22.6. The van der Waals surface area contributed by atoms with Gasteiger partial charge in [-0.15, -0.1) is 0 Å². The van der Waals surface area contributed by atoms with E-state index in [9.17, 15) is 14.9 Å². The molecule has 18 heavy (non-hydrogen) atoms. The number of hydrazine groups is 1. The largest absolute Gasteiger partial charge is 0.296 e. The van der Waals surface area contributed by atoms with Gasteiger partial charge in [-0.05, 0) is 6.07 Å². The van der Waals surface area contributed by atoms with Crippen molar-refractivity contribution in [3.05, 3.63) is 34.4 Å². The predicted molar refractivity (Wildman–Crippen MR) is 62.1 cm³/mol. The third kappa shape index (κ3) is 3.26. The summed E-state index contributed by atoms with van der Waals surface area (Å²) in [4.78, 5) is 20.9. The predicted octanol–water partition coefficient (Wildman–Crippen LogP) is -0.124. The second-order valence-corrected chi connectivity index (χ2v) is 2.96. The molecule has 0 aliphatic carbocycles. The smallest absolute Gasteiger partial charge is 0.288 e. The number of rotatable bonds is 4. The third-order valence-electron chi connectivity index (χ3n) is 1.81. The molecule has 0 radical (unpaired) electrons. The Morgan fingerprint density at radius 2 is 2.28 bits per heavy atom. The maximum absolute atomic E-state index is 11.0. The fourth-order valence-corrected chi connectivity index (χ4v) is 1.00. The Morgan fingerprint density at radius 3 is 2.83 bits per heavy atom. The highest BCUT2D eigenvalue weighted by Crippen LogP contribution is 2.16. The fraction of sp³-hybridized carbons (Fsp3) is 0. The zero-order valence-electron chi connectivity index (χ0n) is 8.95. The van der Waals surface area contributed by atoms with E-state index in [2.05, 4.69) is 10.5 Å². The van der Waals surface area contributed by atoms with Crippen LogP contribution in [0.5, 0.6) is 0 Å². The van der Waals surface area contributed by atoms with Gasteiger partial charge in [-0.25, -0.2) is 5.84 Å². The van der Waals surface area contributed by atoms with Gasteiger partial charge in [0.15, 0.2) is 0 Å². The molecule has 0 fully saturated rings. The first-order valence-corrected chi connectivity index (χ1v) is 4.57. The molecule has 0 atom stereocenters. The van der Waals surface area contributed by atoms with E-state index >= 15 is 0 Å². The van der Waals surface area contributed by atoms with Gasteiger partial charge in [0.2, 0.25) is 5.71 Å². The van der Waals surface area contributed by atoms with Crippen molar-refractivity contribution in [3.8, 4) is 6.07 Å². The summed E-state index contributed by atoms with van der Waals surface area (Å²) in [5.41, 5.74) is 3.72. The Balaban J connectivity index is 2.89. The molecule has 4 N–H and O–H groups in total. The Labute approximate surface area is 101 Å². The van der Waals surface area contributed by atoms with Crippen molar-refractivity contribution in [3.63, 3.8) is 0 Å². The Morgan fingerprint density at radius 1 is 1.56 bits per heavy atom. The van der Waals surface area contributed by atoms with E-state index in [0.717, 1.165) is 0 Å². The van der Waals surface area contributed by atoms with Gasteiger partial charge in [0.05, 0.1) is 10.6 Å². The number of non-ortho nitro benzene ring substituents is 1. The summed E-state index contributed by atoms with van der Waals surface area (Å²) in [6.07, 6.45) is 0. The minimum atomic E-state index is -0.865. The summed E-state index contributed by atoms with van der Waals surface area (Å²) < 4.78 is 0. The lowest BCUT2D eigenvalue weighted by Gasteiger charge is -2.00. The first-order valence-electron chi connectivity index (χ1n) is 4.57. The molecular formula is C9H8N6O3. The SMILES string of the molecule is N#C/C(=N/Nc1cccc([N+](=O)[O-])c1)C(=O)NN. The second kappa shape index (κ2) is 5.92. The zero-order valence-corrected chi connectivity index (χ0v) is 8.95. The number of nitrogens with one attached hydrogen (secondary N) is 2. The summed E-state index contributed by atoms with van der Waals surface area (Å²) in [6, 6.07) is 6.95. The molecule has 1 aromatic rings. The number of nitrogens with two attached hydrogens (primary N) is 1. The molecule has 0 aliphatic heterocycles. The molecular weight excluding hydrogens is 240 g/mol. The van der Waals surface area contributed by atoms with Gasteiger partial charge in [0.25, 0.3) is 11.6 Å². The molecule has 1 rings (SSSR count). The van der Waals surface area contributed by atoms with Crippen LogP contribution in [0.15, 0.2) is 29.4 Å². The number of hydrogen-bond acceptors (Lipinski definition) is 7. The quantitative estimate of drug-likeness (QED) is 0.222. The van der Waals surface area contributed by atoms with Crippen LogP contribution in [-0.2, 0) is 4.79 Å². The van der Waals surface area contributed by atoms with Crippen LogP contribution < -0.4 is 16.7 Å². The van der Waals surface area contributed by atoms with E-state index in [1.54, 1.807) is 5.43 Å². The van der Waals surface area contributed by atoms with E-state index < -0.39 is 16.5 Å². The van der Waals surface area contributed by atoms with Crippen molar-refractivity contribution in [2.24, 2.45) is 10.9 Å². The van der Waals surface area contributed by atoms with Crippen LogP contribution in [0.3, 0.4) is 0 Å². The van der Waals surface area contributed by atoms with Gasteiger partial charge in [-0.1, -0.05) is 6.07 Å². The maximum atomic E-state index is 11.0. The molecule has 0 heterocycles. The number of nitrogens with zero attached hydrogens (tertiary/aromatic N) is 3. The topological polar surface area (TPSA) is 146 Å². The molecule has 9 nitrogen and oxygen atoms in total. The highest BCUT2D eigenvalue weighted by molar-refractivity contribution is 6.45. The summed E-state index contributed by atoms with van der Waals surface area (Å²) in [6.45, 7) is 0. The minimum absolute atomic E-state index is 0.142. The van der Waals surface area contributed by atoms with E-state index in [-0.39, 0.29) is 11.4 Å². The average molecular weight is 248 g/mol. The minimum Gasteiger partial charge on any atom is -0.288 e. The van der Waals surface area contributed by atoms with Crippen LogP contribution in [0, 0.1) is 21.4 Å². The Bertz CT molecular complexity index is 547. The number of nitro groups is 1. The first-order chi connectivity index (χ1) is 8.58. The van der Waals surface area contributed by atoms with E-state index in [1.165, 1.54) is 30.3 Å². The van der Waals surface area contributed by atoms with Crippen LogP contribution in [0.1, 0.15) is 0 Å². The molecule has 0 aliphatic rings. The molecule has 0 bridgehead atoms. The summed E-state index contributed by atoms with van der Waals surface area (Å²) in [7, 11) is 0. The van der Waals surface area contributed by atoms with Crippen LogP contribution in [0.25, 0.3) is 0 Å². The van der Waals surface area contributed by atoms with E-state index in [4.69, 9.17) is 11.1 Å². The summed E-state index contributed by atoms with van der Waals surface area (Å²) in [5.74, 6) is 3.97. The van der Waals surface area contributed by atoms with Crippen molar-refractivity contribution < 1.29 is 9.72 Å². The van der Waals surface area contributed by atoms with Crippen molar-refractivity contribution in [1.82, 2.24) is 5.43 Å². The van der Waals surface area contributed by atoms with Crippen LogP contribution in [0.4, 0.5) is 11.4 Å². The standard InChI is InChI=1S/C9H8N6O3/c10-5-8(9(16)12-11)14-13-6-2-1-3-7(4-6)15(17)18/h1-4,13H,11H2,(H,12,16)/b14-8-. The molecule has 0 saturated heterocycles. The monoisotopic (exact) mass is 248 g/mol. The number of amides is 1. The molecule has 0 unspecified atom stereocenters. The lowest BCUT2D eigenvalue weighted by atomic mass is 10.3. The number of nitriles is 1. The number of anilines is 1. The van der Waals surface area contributed by atoms with Gasteiger partial charge in [0, 0.05) is 12.1 Å². The third-order valence-corrected chi connectivity index (χ3v) is 1.81. The number of nitro benzene ring substituents is 1. The zero-order chi connectivity index (χ0) is 13.5. The van der Waals surface area contributed by atoms with Gasteiger partial charge >= 0.3 is 0 Å². The van der Waals surface area contributed by atoms with Crippen molar-refractivity contribution >= 4 is 23.0 Å². The molecule has 92 valence electrons. The van der Waals surface area contributed by atoms with Crippen LogP contribution >= 0.6 is 0 Å². The normalized spacial score (nSPS) is 10.3. The number of benzene rings is 1. The van der Waals surface area contributed by atoms with Crippen LogP contribution in [0.2, 0.25) is 0 Å². The molecule has 1 amide bonds. The fourth-order valence-electron chi connectivity index (χ4n) is 1.00. The molecule has 0 aromatic heterocycles. The van der Waals surface area contributed by atoms with Crippen molar-refractivity contribution in [2.45, 2.75) is 0 Å². The number of carbonyl (C=O) groups is 1. The summed E-state index contributed by atoms with van der Waals surface area (Å²) >= 11 is 0. The average Bonchev–Trinajstić information content (AvgIpc) is 2.39. The number of hydrogen-bond donors (Lipinski definition) is 3. The molecule has 1 aromatic carbocycles. The molecule has 0 spiro atoms. The lowest BCUT2D eigenvalue weighted by Crippen LogP contribution is -2.36. The van der Waals surface area contributed by atoms with Gasteiger partial charge in [-0.3, -0.25) is 25.8 Å². The molecule has 0 saturated carbocycles. The lowest BCUT2D eigenvalue weighted by molar-refractivity contribution is -0.384. The number of hydrazone groups is 1. The Kier molecular flexibility index (Phi) is 4.30. The van der Waals surface area contributed by atoms with Gasteiger partial charge in [0.1, 0.15) is 6.07 Å². The highest BCUT2D eigenvalue weighted by atomic mass is 16.6. The maximum Gasteiger partial charge on any atom is 0.296 e. The van der Waals surface area contributed by atoms with Crippen molar-refractivity contribution in [1.29, 1.82) is 5.26 Å². The molecule has 9 heteroatoms. The van der Waals surface area contributed by atoms with E-state index in [1.807, 2.05) is 0 Å². The second-order valence-electron chi connectivity index (χ2n) is 2.96. The highest BCUT2D eigenvalue weighted by Gasteiger charge is 2.09.